The summed E-state index contributed by atoms with van der Waals surface area (Å²) in [5.74, 6) is 0.106. The Kier molecular flexibility index (Phi) is 69.0. The van der Waals surface area contributed by atoms with E-state index in [0.717, 1.165) is 108 Å². The molecule has 0 amide bonds. The number of carbonyl (C=O) groups excluding carboxylic acids is 4. The Balaban J connectivity index is 5.21. The first-order chi connectivity index (χ1) is 47.7. The van der Waals surface area contributed by atoms with Crippen molar-refractivity contribution in [2.75, 3.05) is 39.6 Å². The maximum Gasteiger partial charge on any atom is 0.472 e. The predicted octanol–water partition coefficient (Wildman–Crippen LogP) is 23.7. The van der Waals surface area contributed by atoms with Crippen molar-refractivity contribution >= 4 is 39.5 Å². The van der Waals surface area contributed by atoms with Crippen LogP contribution in [-0.2, 0) is 65.4 Å². The standard InChI is InChI=1S/C80H156O17P2/c1-8-9-10-11-12-13-14-15-16-17-18-19-20-21-22-27-30-33-41-49-56-63-79(84)96-75(67-90-77(82)61-54-47-40-32-29-26-24-23-25-28-31-37-44-51-58-71(2)3)69-94-98(86,87)92-65-74(81)66-93-99(88,89)95-70-76(68-91-78(83)62-55-48-43-36-39-46-53-60-73(6)7)97-80(85)64-57-50-42-35-34-38-45-52-59-72(4)5/h71-76,81H,8-70H2,1-7H3,(H,86,87)(H,88,89)/t74-,75-,76-/m1/s1. The number of aliphatic hydroxyl groups excluding tert-OH is 1. The molecule has 5 atom stereocenters. The van der Waals surface area contributed by atoms with Crippen LogP contribution in [0.4, 0.5) is 0 Å². The molecule has 0 aliphatic heterocycles. The van der Waals surface area contributed by atoms with Crippen molar-refractivity contribution in [3.05, 3.63) is 0 Å². The third kappa shape index (κ3) is 74.1. The third-order valence-corrected chi connectivity index (χ3v) is 20.5. The number of rotatable bonds is 78. The van der Waals surface area contributed by atoms with Crippen molar-refractivity contribution < 1.29 is 80.2 Å². The van der Waals surface area contributed by atoms with E-state index in [1.54, 1.807) is 0 Å². The van der Waals surface area contributed by atoms with Gasteiger partial charge in [0, 0.05) is 25.7 Å². The molecule has 17 nitrogen and oxygen atoms in total. The molecule has 0 radical (unpaired) electrons. The molecular formula is C80H156O17P2. The molecule has 0 aromatic rings. The van der Waals surface area contributed by atoms with Gasteiger partial charge in [0.25, 0.3) is 0 Å². The molecule has 588 valence electrons. The van der Waals surface area contributed by atoms with E-state index in [-0.39, 0.29) is 25.7 Å². The van der Waals surface area contributed by atoms with Crippen LogP contribution in [-0.4, -0.2) is 96.7 Å². The third-order valence-electron chi connectivity index (χ3n) is 18.6. The number of phosphoric ester groups is 2. The molecule has 0 aromatic heterocycles. The van der Waals surface area contributed by atoms with Crippen LogP contribution in [0.15, 0.2) is 0 Å². The summed E-state index contributed by atoms with van der Waals surface area (Å²) < 4.78 is 68.6. The molecule has 0 aliphatic carbocycles. The zero-order valence-electron chi connectivity index (χ0n) is 65.0. The predicted molar refractivity (Wildman–Crippen MR) is 405 cm³/mol. The Labute approximate surface area is 607 Å². The number of unbranched alkanes of at least 4 members (excludes halogenated alkanes) is 46. The van der Waals surface area contributed by atoms with Crippen molar-refractivity contribution in [2.45, 2.75) is 433 Å². The number of phosphoric acid groups is 2. The van der Waals surface area contributed by atoms with E-state index in [2.05, 4.69) is 48.5 Å². The smallest absolute Gasteiger partial charge is 0.462 e. The lowest BCUT2D eigenvalue weighted by molar-refractivity contribution is -0.161. The topological polar surface area (TPSA) is 237 Å². The molecule has 0 fully saturated rings. The van der Waals surface area contributed by atoms with Gasteiger partial charge in [-0.1, -0.05) is 363 Å². The van der Waals surface area contributed by atoms with Gasteiger partial charge >= 0.3 is 39.5 Å². The second-order valence-electron chi connectivity index (χ2n) is 30.2. The highest BCUT2D eigenvalue weighted by atomic mass is 31.2. The Hall–Kier alpha value is -1.94. The van der Waals surface area contributed by atoms with Gasteiger partial charge in [-0.25, -0.2) is 9.13 Å². The monoisotopic (exact) mass is 1450 g/mol. The highest BCUT2D eigenvalue weighted by Crippen LogP contribution is 2.45. The summed E-state index contributed by atoms with van der Waals surface area (Å²) in [6.07, 6.45) is 58.6. The second kappa shape index (κ2) is 70.4. The van der Waals surface area contributed by atoms with Crippen molar-refractivity contribution in [3.63, 3.8) is 0 Å². The average Bonchev–Trinajstić information content (AvgIpc) is 0.960. The van der Waals surface area contributed by atoms with Crippen LogP contribution >= 0.6 is 15.6 Å². The van der Waals surface area contributed by atoms with Gasteiger partial charge < -0.3 is 33.8 Å². The zero-order chi connectivity index (χ0) is 73.0. The quantitative estimate of drug-likeness (QED) is 0.0222. The minimum Gasteiger partial charge on any atom is -0.462 e. The van der Waals surface area contributed by atoms with Gasteiger partial charge in [-0.2, -0.15) is 0 Å². The minimum atomic E-state index is -4.96. The van der Waals surface area contributed by atoms with Gasteiger partial charge in [-0.15, -0.1) is 0 Å². The molecule has 0 saturated carbocycles. The van der Waals surface area contributed by atoms with E-state index < -0.39 is 97.5 Å². The van der Waals surface area contributed by atoms with Crippen LogP contribution in [0.3, 0.4) is 0 Å². The van der Waals surface area contributed by atoms with E-state index in [0.29, 0.717) is 31.6 Å². The average molecular weight is 1450 g/mol. The lowest BCUT2D eigenvalue weighted by Gasteiger charge is -2.21. The van der Waals surface area contributed by atoms with Crippen molar-refractivity contribution in [1.82, 2.24) is 0 Å². The van der Waals surface area contributed by atoms with Crippen LogP contribution in [0.25, 0.3) is 0 Å². The normalized spacial score (nSPS) is 14.0. The van der Waals surface area contributed by atoms with E-state index in [1.165, 1.54) is 218 Å². The number of ether oxygens (including phenoxy) is 4. The summed E-state index contributed by atoms with van der Waals surface area (Å²) in [4.78, 5) is 72.9. The van der Waals surface area contributed by atoms with Crippen LogP contribution in [0.5, 0.6) is 0 Å². The minimum absolute atomic E-state index is 0.104. The first-order valence-corrected chi connectivity index (χ1v) is 44.3. The summed E-state index contributed by atoms with van der Waals surface area (Å²) in [7, 11) is -9.92. The molecule has 2 unspecified atom stereocenters. The van der Waals surface area contributed by atoms with E-state index in [1.807, 2.05) is 0 Å². The highest BCUT2D eigenvalue weighted by Gasteiger charge is 2.30. The first kappa shape index (κ1) is 97.1. The van der Waals surface area contributed by atoms with Gasteiger partial charge in [0.2, 0.25) is 0 Å². The maximum atomic E-state index is 13.1. The van der Waals surface area contributed by atoms with Gasteiger partial charge in [0.15, 0.2) is 12.2 Å². The zero-order valence-corrected chi connectivity index (χ0v) is 66.8. The SMILES string of the molecule is CCCCCCCCCCCCCCCCCCCCCCCC(=O)O[C@H](COC(=O)CCCCCCCCCCCCCCCCC(C)C)COP(=O)(O)OC[C@@H](O)COP(=O)(O)OC[C@@H](COC(=O)CCCCCCCCCC(C)C)OC(=O)CCCCCCCCCCC(C)C. The van der Waals surface area contributed by atoms with Crippen LogP contribution in [0.1, 0.15) is 414 Å². The van der Waals surface area contributed by atoms with Crippen molar-refractivity contribution in [1.29, 1.82) is 0 Å². The largest absolute Gasteiger partial charge is 0.472 e. The Morgan fingerprint density at radius 1 is 0.273 bits per heavy atom. The molecule has 99 heavy (non-hydrogen) atoms. The summed E-state index contributed by atoms with van der Waals surface area (Å²) in [5, 5.41) is 10.6. The van der Waals surface area contributed by atoms with Crippen molar-refractivity contribution in [2.24, 2.45) is 17.8 Å². The van der Waals surface area contributed by atoms with Gasteiger partial charge in [0.05, 0.1) is 26.4 Å². The fraction of sp³-hybridized carbons (Fsp3) is 0.950. The number of carbonyl (C=O) groups is 4. The maximum absolute atomic E-state index is 13.1. The van der Waals surface area contributed by atoms with Gasteiger partial charge in [0.1, 0.15) is 19.3 Å². The Morgan fingerprint density at radius 3 is 0.687 bits per heavy atom. The molecular weight excluding hydrogens is 1290 g/mol. The van der Waals surface area contributed by atoms with Gasteiger partial charge in [-0.05, 0) is 43.4 Å². The number of hydrogen-bond donors (Lipinski definition) is 3. The summed E-state index contributed by atoms with van der Waals surface area (Å²) in [6.45, 7) is 11.8. The summed E-state index contributed by atoms with van der Waals surface area (Å²) in [5.41, 5.74) is 0. The molecule has 0 saturated heterocycles. The number of hydrogen-bond acceptors (Lipinski definition) is 15. The molecule has 19 heteroatoms. The molecule has 0 heterocycles. The van der Waals surface area contributed by atoms with Crippen molar-refractivity contribution in [3.8, 4) is 0 Å². The number of aliphatic hydroxyl groups is 1. The molecule has 0 bridgehead atoms. The fourth-order valence-corrected chi connectivity index (χ4v) is 13.9. The highest BCUT2D eigenvalue weighted by molar-refractivity contribution is 7.47. The van der Waals surface area contributed by atoms with E-state index >= 15 is 0 Å². The van der Waals surface area contributed by atoms with Crippen LogP contribution in [0, 0.1) is 17.8 Å². The second-order valence-corrected chi connectivity index (χ2v) is 33.1. The molecule has 0 rings (SSSR count). The van der Waals surface area contributed by atoms with Crippen LogP contribution in [0.2, 0.25) is 0 Å². The molecule has 0 spiro atoms. The number of esters is 4. The Morgan fingerprint density at radius 2 is 0.465 bits per heavy atom. The summed E-state index contributed by atoms with van der Waals surface area (Å²) >= 11 is 0. The fourth-order valence-electron chi connectivity index (χ4n) is 12.3. The lowest BCUT2D eigenvalue weighted by Crippen LogP contribution is -2.30. The van der Waals surface area contributed by atoms with E-state index in [9.17, 15) is 43.2 Å². The molecule has 0 aliphatic rings. The van der Waals surface area contributed by atoms with Crippen LogP contribution < -0.4 is 0 Å². The lowest BCUT2D eigenvalue weighted by atomic mass is 10.0. The van der Waals surface area contributed by atoms with E-state index in [4.69, 9.17) is 37.0 Å². The van der Waals surface area contributed by atoms with Gasteiger partial charge in [-0.3, -0.25) is 37.3 Å². The molecule has 3 N–H and O–H groups in total. The Bertz CT molecular complexity index is 1920. The first-order valence-electron chi connectivity index (χ1n) is 41.3. The summed E-state index contributed by atoms with van der Waals surface area (Å²) in [6, 6.07) is 0. The molecule has 0 aromatic carbocycles.